The number of sulfonamides is 1. The van der Waals surface area contributed by atoms with Crippen LogP contribution in [0.25, 0.3) is 0 Å². The average Bonchev–Trinajstić information content (AvgIpc) is 3.45. The highest BCUT2D eigenvalue weighted by Gasteiger charge is 2.27. The molecule has 32 heavy (non-hydrogen) atoms. The Kier molecular flexibility index (Phi) is 6.25. The number of hydrogen-bond donors (Lipinski definition) is 1. The van der Waals surface area contributed by atoms with E-state index in [-0.39, 0.29) is 35.7 Å². The minimum absolute atomic E-state index is 0.0313. The van der Waals surface area contributed by atoms with Crippen molar-refractivity contribution in [3.63, 3.8) is 0 Å². The molecule has 166 valence electrons. The van der Waals surface area contributed by atoms with E-state index in [0.29, 0.717) is 16.9 Å². The minimum Gasteiger partial charge on any atom is -0.468 e. The first-order valence-electron chi connectivity index (χ1n) is 10.4. The number of furan rings is 1. The molecule has 1 fully saturated rings. The number of nitrogens with one attached hydrogen (secondary N) is 1. The molecule has 1 aliphatic carbocycles. The minimum atomic E-state index is -3.92. The van der Waals surface area contributed by atoms with Crippen molar-refractivity contribution in [1.29, 1.82) is 0 Å². The van der Waals surface area contributed by atoms with E-state index in [0.717, 1.165) is 18.4 Å². The first-order valence-corrected chi connectivity index (χ1v) is 11.8. The summed E-state index contributed by atoms with van der Waals surface area (Å²) in [5.74, 6) is 0.164. The fraction of sp³-hybridized carbons (Fsp3) is 0.250. The van der Waals surface area contributed by atoms with Gasteiger partial charge in [0.25, 0.3) is 5.91 Å². The highest BCUT2D eigenvalue weighted by molar-refractivity contribution is 7.89. The molecule has 8 heteroatoms. The molecule has 1 aliphatic rings. The normalized spacial score (nSPS) is 13.8. The quantitative estimate of drug-likeness (QED) is 0.499. The topological polar surface area (TPSA) is 96.7 Å². The molecule has 0 bridgehead atoms. The molecule has 4 rings (SSSR count). The van der Waals surface area contributed by atoms with Gasteiger partial charge in [-0.05, 0) is 61.7 Å². The van der Waals surface area contributed by atoms with Gasteiger partial charge in [0.05, 0.1) is 17.7 Å². The lowest BCUT2D eigenvalue weighted by molar-refractivity contribution is 0.0950. The number of ketones is 1. The van der Waals surface area contributed by atoms with Crippen LogP contribution in [0, 0.1) is 0 Å². The van der Waals surface area contributed by atoms with Crippen molar-refractivity contribution in [1.82, 2.24) is 9.62 Å². The molecule has 7 nitrogen and oxygen atoms in total. The lowest BCUT2D eigenvalue weighted by Crippen LogP contribution is -2.30. The Morgan fingerprint density at radius 2 is 1.75 bits per heavy atom. The second-order valence-corrected chi connectivity index (χ2v) is 9.82. The number of carbonyl (C=O) groups excluding carboxylic acids is 2. The van der Waals surface area contributed by atoms with Crippen LogP contribution in [0.15, 0.2) is 76.2 Å². The Hall–Kier alpha value is -3.23. The number of benzene rings is 2. The van der Waals surface area contributed by atoms with E-state index < -0.39 is 10.0 Å². The Labute approximate surface area is 187 Å². The van der Waals surface area contributed by atoms with E-state index in [1.165, 1.54) is 29.6 Å². The second-order valence-electron chi connectivity index (χ2n) is 7.88. The van der Waals surface area contributed by atoms with E-state index in [4.69, 9.17) is 4.42 Å². The zero-order valence-electron chi connectivity index (χ0n) is 17.7. The van der Waals surface area contributed by atoms with Crippen molar-refractivity contribution in [2.24, 2.45) is 0 Å². The predicted octanol–water partition coefficient (Wildman–Crippen LogP) is 3.77. The molecular formula is C24H24N2O5S. The van der Waals surface area contributed by atoms with E-state index in [2.05, 4.69) is 5.32 Å². The SMILES string of the molecule is CC(=O)c1cccc(S(=O)(=O)N(Cc2ccc(C(=O)NC3CC3)cc2)Cc2ccco2)c1. The number of nitrogens with zero attached hydrogens (tertiary/aromatic N) is 1. The van der Waals surface area contributed by atoms with Crippen LogP contribution in [0.4, 0.5) is 0 Å². The highest BCUT2D eigenvalue weighted by Crippen LogP contribution is 2.23. The van der Waals surface area contributed by atoms with Gasteiger partial charge in [-0.25, -0.2) is 8.42 Å². The lowest BCUT2D eigenvalue weighted by Gasteiger charge is -2.22. The van der Waals surface area contributed by atoms with Crippen molar-refractivity contribution in [3.05, 3.63) is 89.4 Å². The van der Waals surface area contributed by atoms with Gasteiger partial charge in [0.15, 0.2) is 5.78 Å². The second kappa shape index (κ2) is 9.10. The van der Waals surface area contributed by atoms with Gasteiger partial charge in [-0.3, -0.25) is 9.59 Å². The maximum atomic E-state index is 13.5. The zero-order chi connectivity index (χ0) is 22.7. The Morgan fingerprint density at radius 1 is 1.00 bits per heavy atom. The molecule has 1 aromatic heterocycles. The van der Waals surface area contributed by atoms with Crippen LogP contribution < -0.4 is 5.32 Å². The first-order chi connectivity index (χ1) is 15.3. The van der Waals surface area contributed by atoms with Gasteiger partial charge < -0.3 is 9.73 Å². The number of carbonyl (C=O) groups is 2. The molecule has 1 heterocycles. The molecule has 2 aromatic carbocycles. The maximum absolute atomic E-state index is 13.5. The lowest BCUT2D eigenvalue weighted by atomic mass is 10.1. The van der Waals surface area contributed by atoms with Gasteiger partial charge in [-0.15, -0.1) is 0 Å². The monoisotopic (exact) mass is 452 g/mol. The van der Waals surface area contributed by atoms with E-state index in [1.807, 2.05) is 0 Å². The predicted molar refractivity (Wildman–Crippen MR) is 119 cm³/mol. The van der Waals surface area contributed by atoms with Gasteiger partial charge in [-0.2, -0.15) is 4.31 Å². The third kappa shape index (κ3) is 5.15. The average molecular weight is 453 g/mol. The smallest absolute Gasteiger partial charge is 0.251 e. The van der Waals surface area contributed by atoms with E-state index >= 15 is 0 Å². The maximum Gasteiger partial charge on any atom is 0.251 e. The van der Waals surface area contributed by atoms with Crippen molar-refractivity contribution in [2.45, 2.75) is 43.8 Å². The van der Waals surface area contributed by atoms with Gasteiger partial charge in [0.2, 0.25) is 10.0 Å². The Bertz CT molecular complexity index is 1210. The number of hydrogen-bond acceptors (Lipinski definition) is 5. The third-order valence-electron chi connectivity index (χ3n) is 5.28. The summed E-state index contributed by atoms with van der Waals surface area (Å²) in [4.78, 5) is 24.0. The van der Waals surface area contributed by atoms with E-state index in [1.54, 1.807) is 48.5 Å². The van der Waals surface area contributed by atoms with Gasteiger partial charge in [0.1, 0.15) is 5.76 Å². The van der Waals surface area contributed by atoms with Crippen molar-refractivity contribution in [2.75, 3.05) is 0 Å². The number of Topliss-reactive ketones (excluding diaryl/α,β-unsaturated/α-hetero) is 1. The zero-order valence-corrected chi connectivity index (χ0v) is 18.5. The van der Waals surface area contributed by atoms with Crippen LogP contribution in [0.3, 0.4) is 0 Å². The molecular weight excluding hydrogens is 428 g/mol. The Balaban J connectivity index is 1.59. The van der Waals surface area contributed by atoms with Crippen LogP contribution in [-0.2, 0) is 23.1 Å². The molecule has 0 aliphatic heterocycles. The largest absolute Gasteiger partial charge is 0.468 e. The molecule has 1 amide bonds. The fourth-order valence-electron chi connectivity index (χ4n) is 3.29. The van der Waals surface area contributed by atoms with Crippen LogP contribution >= 0.6 is 0 Å². The summed E-state index contributed by atoms with van der Waals surface area (Å²) in [7, 11) is -3.92. The van der Waals surface area contributed by atoms with Crippen molar-refractivity contribution < 1.29 is 22.4 Å². The highest BCUT2D eigenvalue weighted by atomic mass is 32.2. The molecule has 0 atom stereocenters. The van der Waals surface area contributed by atoms with Crippen LogP contribution in [0.1, 0.15) is 51.8 Å². The molecule has 0 unspecified atom stereocenters. The van der Waals surface area contributed by atoms with Gasteiger partial charge in [0, 0.05) is 23.7 Å². The summed E-state index contributed by atoms with van der Waals surface area (Å²) in [6, 6.07) is 16.6. The summed E-state index contributed by atoms with van der Waals surface area (Å²) in [5, 5.41) is 2.94. The molecule has 1 saturated carbocycles. The summed E-state index contributed by atoms with van der Waals surface area (Å²) in [6.07, 6.45) is 3.51. The summed E-state index contributed by atoms with van der Waals surface area (Å²) >= 11 is 0. The first kappa shape index (κ1) is 22.0. The van der Waals surface area contributed by atoms with Crippen molar-refractivity contribution in [3.8, 4) is 0 Å². The molecule has 1 N–H and O–H groups in total. The summed E-state index contributed by atoms with van der Waals surface area (Å²) < 4.78 is 33.6. The number of amides is 1. The van der Waals surface area contributed by atoms with Crippen LogP contribution in [0.5, 0.6) is 0 Å². The molecule has 0 spiro atoms. The Morgan fingerprint density at radius 3 is 2.38 bits per heavy atom. The third-order valence-corrected chi connectivity index (χ3v) is 7.07. The van der Waals surface area contributed by atoms with Crippen LogP contribution in [-0.4, -0.2) is 30.5 Å². The van der Waals surface area contributed by atoms with Crippen molar-refractivity contribution >= 4 is 21.7 Å². The molecule has 3 aromatic rings. The number of rotatable bonds is 9. The summed E-state index contributed by atoms with van der Waals surface area (Å²) in [5.41, 5.74) is 1.59. The molecule has 0 radical (unpaired) electrons. The molecule has 0 saturated heterocycles. The van der Waals surface area contributed by atoms with E-state index in [9.17, 15) is 18.0 Å². The summed E-state index contributed by atoms with van der Waals surface area (Å²) in [6.45, 7) is 1.51. The standard InChI is InChI=1S/C24H24N2O5S/c1-17(27)20-4-2-6-23(14-20)32(29,30)26(16-22-5-3-13-31-22)15-18-7-9-19(10-8-18)24(28)25-21-11-12-21/h2-10,13-14,21H,11-12,15-16H2,1H3,(H,25,28). The van der Waals surface area contributed by atoms with Gasteiger partial charge in [-0.1, -0.05) is 24.3 Å². The fourth-order valence-corrected chi connectivity index (χ4v) is 4.73. The van der Waals surface area contributed by atoms with Gasteiger partial charge >= 0.3 is 0 Å². The van der Waals surface area contributed by atoms with Crippen LogP contribution in [0.2, 0.25) is 0 Å².